The van der Waals surface area contributed by atoms with Gasteiger partial charge >= 0.3 is 6.09 Å². The van der Waals surface area contributed by atoms with Crippen molar-refractivity contribution in [2.45, 2.75) is 26.8 Å². The molecule has 8 nitrogen and oxygen atoms in total. The third kappa shape index (κ3) is 5.35. The van der Waals surface area contributed by atoms with Crippen LogP contribution >= 0.6 is 0 Å². The van der Waals surface area contributed by atoms with Crippen molar-refractivity contribution < 1.29 is 24.7 Å². The van der Waals surface area contributed by atoms with Crippen molar-refractivity contribution in [1.29, 1.82) is 0 Å². The fraction of sp³-hybridized carbons (Fsp3) is 0.350. The van der Waals surface area contributed by atoms with Gasteiger partial charge in [0.05, 0.1) is 17.5 Å². The second kappa shape index (κ2) is 8.60. The lowest BCUT2D eigenvalue weighted by Crippen LogP contribution is -2.42. The van der Waals surface area contributed by atoms with Crippen LogP contribution in [-0.2, 0) is 0 Å². The highest BCUT2D eigenvalue weighted by molar-refractivity contribution is 5.66. The summed E-state index contributed by atoms with van der Waals surface area (Å²) >= 11 is 0. The highest BCUT2D eigenvalue weighted by Gasteiger charge is 2.35. The largest absolute Gasteiger partial charge is 0.508 e. The van der Waals surface area contributed by atoms with E-state index >= 15 is 0 Å². The number of benzene rings is 2. The number of nitrogens with zero attached hydrogens (tertiary/aromatic N) is 2. The maximum absolute atomic E-state index is 12.0. The van der Waals surface area contributed by atoms with Crippen LogP contribution in [0.25, 0.3) is 0 Å². The van der Waals surface area contributed by atoms with Gasteiger partial charge in [0.15, 0.2) is 0 Å². The molecule has 0 bridgehead atoms. The smallest absolute Gasteiger partial charge is 0.407 e. The predicted molar refractivity (Wildman–Crippen MR) is 104 cm³/mol. The fourth-order valence-electron chi connectivity index (χ4n) is 3.13. The molecule has 0 saturated carbocycles. The third-order valence-corrected chi connectivity index (χ3v) is 4.19. The minimum atomic E-state index is -1.15. The lowest BCUT2D eigenvalue weighted by atomic mass is 9.81. The Morgan fingerprint density at radius 1 is 1.21 bits per heavy atom. The number of phenols is 1. The summed E-state index contributed by atoms with van der Waals surface area (Å²) < 4.78 is 5.55. The van der Waals surface area contributed by atoms with E-state index in [4.69, 9.17) is 4.74 Å². The Bertz CT molecular complexity index is 847. The summed E-state index contributed by atoms with van der Waals surface area (Å²) in [7, 11) is 0. The standard InChI is InChI=1S/C20H24N2O6/c1-20(2,3)18(14-6-4-7-15(12-14)22(26)27)21(19(24)25)10-11-28-17-9-5-8-16(23)13-17/h4-9,12-13,18,23H,10-11H2,1-3H3,(H,24,25). The van der Waals surface area contributed by atoms with Crippen LogP contribution in [0.1, 0.15) is 32.4 Å². The van der Waals surface area contributed by atoms with E-state index in [0.29, 0.717) is 11.3 Å². The molecule has 150 valence electrons. The van der Waals surface area contributed by atoms with Crippen molar-refractivity contribution in [1.82, 2.24) is 4.90 Å². The summed E-state index contributed by atoms with van der Waals surface area (Å²) in [6, 6.07) is 11.6. The molecule has 0 aliphatic heterocycles. The zero-order valence-corrected chi connectivity index (χ0v) is 16.0. The molecule has 8 heteroatoms. The van der Waals surface area contributed by atoms with Crippen LogP contribution in [0.5, 0.6) is 11.5 Å². The van der Waals surface area contributed by atoms with E-state index in [2.05, 4.69) is 0 Å². The van der Waals surface area contributed by atoms with E-state index in [1.165, 1.54) is 29.2 Å². The number of ether oxygens (including phenoxy) is 1. The number of hydrogen-bond donors (Lipinski definition) is 2. The van der Waals surface area contributed by atoms with E-state index in [1.807, 2.05) is 20.8 Å². The zero-order chi connectivity index (χ0) is 20.9. The first-order valence-electron chi connectivity index (χ1n) is 8.75. The van der Waals surface area contributed by atoms with Gasteiger partial charge in [-0.05, 0) is 23.1 Å². The molecule has 2 aromatic carbocycles. The summed E-state index contributed by atoms with van der Waals surface area (Å²) in [5.74, 6) is 0.477. The second-order valence-corrected chi connectivity index (χ2v) is 7.44. The van der Waals surface area contributed by atoms with E-state index in [1.54, 1.807) is 24.3 Å². The molecular weight excluding hydrogens is 364 g/mol. The number of rotatable bonds is 7. The van der Waals surface area contributed by atoms with E-state index in [-0.39, 0.29) is 24.6 Å². The monoisotopic (exact) mass is 388 g/mol. The van der Waals surface area contributed by atoms with Gasteiger partial charge in [0.1, 0.15) is 18.1 Å². The van der Waals surface area contributed by atoms with Crippen LogP contribution in [0.2, 0.25) is 0 Å². The summed E-state index contributed by atoms with van der Waals surface area (Å²) in [6.45, 7) is 5.75. The van der Waals surface area contributed by atoms with Crippen LogP contribution in [0, 0.1) is 15.5 Å². The summed E-state index contributed by atoms with van der Waals surface area (Å²) in [5.41, 5.74) is -0.0620. The first-order valence-corrected chi connectivity index (χ1v) is 8.75. The zero-order valence-electron chi connectivity index (χ0n) is 16.0. The van der Waals surface area contributed by atoms with Gasteiger partial charge in [0.2, 0.25) is 0 Å². The topological polar surface area (TPSA) is 113 Å². The van der Waals surface area contributed by atoms with Crippen molar-refractivity contribution in [3.8, 4) is 11.5 Å². The molecule has 2 rings (SSSR count). The molecule has 0 radical (unpaired) electrons. The molecule has 0 heterocycles. The molecule has 0 aliphatic rings. The SMILES string of the molecule is CC(C)(C)C(c1cccc([N+](=O)[O-])c1)N(CCOc1cccc(O)c1)C(=O)O. The Morgan fingerprint density at radius 3 is 2.46 bits per heavy atom. The first-order chi connectivity index (χ1) is 13.1. The van der Waals surface area contributed by atoms with Gasteiger partial charge < -0.3 is 14.9 Å². The molecule has 1 amide bonds. The van der Waals surface area contributed by atoms with Gasteiger partial charge in [-0.2, -0.15) is 0 Å². The number of phenolic OH excluding ortho intramolecular Hbond substituents is 1. The first kappa shape index (κ1) is 21.0. The average Bonchev–Trinajstić information content (AvgIpc) is 2.60. The molecule has 0 fully saturated rings. The highest BCUT2D eigenvalue weighted by Crippen LogP contribution is 2.39. The van der Waals surface area contributed by atoms with Gasteiger partial charge in [-0.25, -0.2) is 4.79 Å². The molecule has 1 atom stereocenters. The van der Waals surface area contributed by atoms with Crippen molar-refractivity contribution in [3.63, 3.8) is 0 Å². The molecular formula is C20H24N2O6. The van der Waals surface area contributed by atoms with Gasteiger partial charge in [-0.15, -0.1) is 0 Å². The number of carboxylic acid groups (broad SMARTS) is 1. The van der Waals surface area contributed by atoms with Crippen LogP contribution in [-0.4, -0.2) is 39.3 Å². The number of nitro benzene ring substituents is 1. The molecule has 0 saturated heterocycles. The summed E-state index contributed by atoms with van der Waals surface area (Å²) in [5, 5.41) is 30.4. The second-order valence-electron chi connectivity index (χ2n) is 7.44. The van der Waals surface area contributed by atoms with E-state index in [9.17, 15) is 25.1 Å². The van der Waals surface area contributed by atoms with Gasteiger partial charge in [0, 0.05) is 18.2 Å². The summed E-state index contributed by atoms with van der Waals surface area (Å²) in [4.78, 5) is 23.8. The van der Waals surface area contributed by atoms with Crippen molar-refractivity contribution in [2.75, 3.05) is 13.2 Å². The maximum Gasteiger partial charge on any atom is 0.407 e. The maximum atomic E-state index is 12.0. The van der Waals surface area contributed by atoms with E-state index < -0.39 is 22.5 Å². The van der Waals surface area contributed by atoms with E-state index in [0.717, 1.165) is 0 Å². The molecule has 1 unspecified atom stereocenters. The Hall–Kier alpha value is -3.29. The van der Waals surface area contributed by atoms with Gasteiger partial charge in [0.25, 0.3) is 5.69 Å². The number of aromatic hydroxyl groups is 1. The van der Waals surface area contributed by atoms with Crippen LogP contribution in [0.15, 0.2) is 48.5 Å². The Kier molecular flexibility index (Phi) is 6.45. The highest BCUT2D eigenvalue weighted by atomic mass is 16.6. The van der Waals surface area contributed by atoms with Crippen LogP contribution in [0.4, 0.5) is 10.5 Å². The number of hydrogen-bond acceptors (Lipinski definition) is 5. The molecule has 2 aromatic rings. The number of carbonyl (C=O) groups is 1. The summed E-state index contributed by atoms with van der Waals surface area (Å²) in [6.07, 6.45) is -1.15. The molecule has 2 N–H and O–H groups in total. The number of nitro groups is 1. The fourth-order valence-corrected chi connectivity index (χ4v) is 3.13. The Morgan fingerprint density at radius 2 is 1.89 bits per heavy atom. The minimum absolute atomic E-state index is 0.0512. The molecule has 28 heavy (non-hydrogen) atoms. The average molecular weight is 388 g/mol. The van der Waals surface area contributed by atoms with Crippen LogP contribution in [0.3, 0.4) is 0 Å². The van der Waals surface area contributed by atoms with Gasteiger partial charge in [-0.1, -0.05) is 39.0 Å². The molecule has 0 aliphatic carbocycles. The molecule has 0 spiro atoms. The minimum Gasteiger partial charge on any atom is -0.508 e. The lowest BCUT2D eigenvalue weighted by molar-refractivity contribution is -0.385. The quantitative estimate of drug-likeness (QED) is 0.535. The number of amides is 1. The van der Waals surface area contributed by atoms with Crippen molar-refractivity contribution in [3.05, 3.63) is 64.2 Å². The van der Waals surface area contributed by atoms with Crippen molar-refractivity contribution in [2.24, 2.45) is 5.41 Å². The third-order valence-electron chi connectivity index (χ3n) is 4.19. The number of non-ortho nitro benzene ring substituents is 1. The predicted octanol–water partition coefficient (Wildman–Crippen LogP) is 4.45. The van der Waals surface area contributed by atoms with Gasteiger partial charge in [-0.3, -0.25) is 15.0 Å². The molecule has 0 aromatic heterocycles. The Labute approximate surface area is 163 Å². The Balaban J connectivity index is 2.26. The van der Waals surface area contributed by atoms with Crippen LogP contribution < -0.4 is 4.74 Å². The lowest BCUT2D eigenvalue weighted by Gasteiger charge is -2.39. The van der Waals surface area contributed by atoms with Crippen molar-refractivity contribution >= 4 is 11.8 Å². The normalized spacial score (nSPS) is 12.2.